The van der Waals surface area contributed by atoms with Gasteiger partial charge in [-0.25, -0.2) is 4.79 Å². The molecule has 4 aromatic carbocycles. The first kappa shape index (κ1) is 36.6. The van der Waals surface area contributed by atoms with Crippen LogP contribution in [0.1, 0.15) is 53.5 Å². The van der Waals surface area contributed by atoms with E-state index >= 15 is 0 Å². The molecule has 0 atom stereocenters. The Hall–Kier alpha value is -6.79. The summed E-state index contributed by atoms with van der Waals surface area (Å²) in [6.45, 7) is 2.61. The predicted molar refractivity (Wildman–Crippen MR) is 207 cm³/mol. The van der Waals surface area contributed by atoms with E-state index in [1.807, 2.05) is 24.3 Å². The Labute approximate surface area is 316 Å². The van der Waals surface area contributed by atoms with E-state index in [2.05, 4.69) is 32.7 Å². The summed E-state index contributed by atoms with van der Waals surface area (Å²) < 4.78 is 22.2. The van der Waals surface area contributed by atoms with Gasteiger partial charge < -0.3 is 29.3 Å². The molecule has 7 rings (SSSR count). The van der Waals surface area contributed by atoms with Crippen LogP contribution >= 0.6 is 0 Å². The number of esters is 1. The summed E-state index contributed by atoms with van der Waals surface area (Å²) in [7, 11) is 3.29. The Morgan fingerprint density at radius 2 is 1.55 bits per heavy atom. The number of methoxy groups -OCH3 is 2. The largest absolute Gasteiger partial charge is 0.493 e. The van der Waals surface area contributed by atoms with Crippen LogP contribution in [0.25, 0.3) is 11.0 Å². The number of carbonyl (C=O) groups is 3. The lowest BCUT2D eigenvalue weighted by Gasteiger charge is -2.29. The molecule has 12 heteroatoms. The number of hydrogen-bond acceptors (Lipinski definition) is 10. The fourth-order valence-electron chi connectivity index (χ4n) is 6.46. The fourth-order valence-corrected chi connectivity index (χ4v) is 6.46. The molecule has 0 saturated heterocycles. The van der Waals surface area contributed by atoms with Gasteiger partial charge in [0.05, 0.1) is 36.4 Å². The van der Waals surface area contributed by atoms with E-state index in [-0.39, 0.29) is 34.8 Å². The molecule has 2 N–H and O–H groups in total. The molecule has 1 aliphatic heterocycles. The maximum Gasteiger partial charge on any atom is 0.338 e. The van der Waals surface area contributed by atoms with Crippen molar-refractivity contribution in [2.45, 2.75) is 26.0 Å². The van der Waals surface area contributed by atoms with Crippen molar-refractivity contribution in [2.75, 3.05) is 37.9 Å². The number of para-hydroxylation sites is 1. The van der Waals surface area contributed by atoms with Gasteiger partial charge in [-0.1, -0.05) is 24.3 Å². The fraction of sp³-hybridized carbons (Fsp3) is 0.186. The maximum atomic E-state index is 13.7. The van der Waals surface area contributed by atoms with E-state index in [1.165, 1.54) is 29.3 Å². The number of benzene rings is 4. The lowest BCUT2D eigenvalue weighted by Crippen LogP contribution is -2.32. The summed E-state index contributed by atoms with van der Waals surface area (Å²) in [6.07, 6.45) is 4.92. The molecule has 278 valence electrons. The first-order valence-electron chi connectivity index (χ1n) is 17.7. The maximum absolute atomic E-state index is 13.7. The number of rotatable bonds is 12. The quantitative estimate of drug-likeness (QED) is 0.131. The average molecular weight is 739 g/mol. The summed E-state index contributed by atoms with van der Waals surface area (Å²) in [4.78, 5) is 59.3. The molecule has 2 amide bonds. The van der Waals surface area contributed by atoms with Crippen LogP contribution in [0.4, 0.5) is 11.4 Å². The molecule has 12 nitrogen and oxygen atoms in total. The molecule has 55 heavy (non-hydrogen) atoms. The van der Waals surface area contributed by atoms with Gasteiger partial charge in [0.25, 0.3) is 11.8 Å². The van der Waals surface area contributed by atoms with Crippen LogP contribution in [0.3, 0.4) is 0 Å². The van der Waals surface area contributed by atoms with Crippen molar-refractivity contribution >= 4 is 40.1 Å². The monoisotopic (exact) mass is 738 g/mol. The van der Waals surface area contributed by atoms with Crippen LogP contribution in [0.2, 0.25) is 0 Å². The Kier molecular flexibility index (Phi) is 11.0. The topological polar surface area (TPSA) is 149 Å². The molecule has 0 spiro atoms. The summed E-state index contributed by atoms with van der Waals surface area (Å²) in [6, 6.07) is 27.0. The summed E-state index contributed by atoms with van der Waals surface area (Å²) in [5.41, 5.74) is 4.92. The van der Waals surface area contributed by atoms with Crippen LogP contribution in [0.5, 0.6) is 11.5 Å². The Bertz CT molecular complexity index is 2430. The van der Waals surface area contributed by atoms with Crippen LogP contribution in [0.15, 0.2) is 119 Å². The second-order valence-electron chi connectivity index (χ2n) is 13.0. The molecule has 0 saturated carbocycles. The minimum Gasteiger partial charge on any atom is -0.493 e. The van der Waals surface area contributed by atoms with Gasteiger partial charge in [0.1, 0.15) is 12.2 Å². The highest BCUT2D eigenvalue weighted by atomic mass is 16.5. The number of fused-ring (bicyclic) bond motifs is 2. The molecule has 6 aromatic rings. The predicted octanol–water partition coefficient (Wildman–Crippen LogP) is 6.67. The molecule has 0 fully saturated rings. The molecule has 3 heterocycles. The molecule has 0 aliphatic carbocycles. The van der Waals surface area contributed by atoms with Gasteiger partial charge in [-0.05, 0) is 102 Å². The van der Waals surface area contributed by atoms with Crippen molar-refractivity contribution in [3.8, 4) is 11.5 Å². The molecule has 1 aliphatic rings. The third-order valence-electron chi connectivity index (χ3n) is 9.45. The van der Waals surface area contributed by atoms with Gasteiger partial charge in [0, 0.05) is 43.8 Å². The van der Waals surface area contributed by atoms with E-state index in [0.29, 0.717) is 11.1 Å². The number of amides is 2. The lowest BCUT2D eigenvalue weighted by atomic mass is 9.98. The minimum atomic E-state index is -0.778. The smallest absolute Gasteiger partial charge is 0.338 e. The van der Waals surface area contributed by atoms with E-state index in [1.54, 1.807) is 63.0 Å². The van der Waals surface area contributed by atoms with Crippen LogP contribution in [0, 0.1) is 0 Å². The molecule has 2 aromatic heterocycles. The highest BCUT2D eigenvalue weighted by molar-refractivity contribution is 6.13. The average Bonchev–Trinajstić information content (AvgIpc) is 3.22. The standard InChI is InChI=1S/C43H38N4O8/c1-52-38-22-29-16-20-47(25-31(29)23-39(38)53-2)19-15-27-7-10-32(11-8-27)45-41(49)33-12-9-30(43(51)54-26-28-13-17-44-18-14-28)21-35(33)46-42(50)40-24-36(48)34-5-3-4-6-37(34)55-40/h3-14,17-18,21-24H,15-16,19-20,25-26H2,1-2H3,(H,45,49)(H,46,50). The van der Waals surface area contributed by atoms with Crippen molar-refractivity contribution in [2.24, 2.45) is 0 Å². The van der Waals surface area contributed by atoms with E-state index in [4.69, 9.17) is 18.6 Å². The number of hydrogen-bond donors (Lipinski definition) is 2. The molecular formula is C43H38N4O8. The van der Waals surface area contributed by atoms with Gasteiger partial charge in [0.2, 0.25) is 0 Å². The van der Waals surface area contributed by atoms with Crippen molar-refractivity contribution in [3.63, 3.8) is 0 Å². The number of pyridine rings is 1. The molecule has 0 unspecified atom stereocenters. The van der Waals surface area contributed by atoms with Crippen molar-refractivity contribution in [1.29, 1.82) is 0 Å². The number of nitrogens with one attached hydrogen (secondary N) is 2. The molecule has 0 bridgehead atoms. The highest BCUT2D eigenvalue weighted by Crippen LogP contribution is 2.33. The molecular weight excluding hydrogens is 700 g/mol. The zero-order valence-electron chi connectivity index (χ0n) is 30.3. The number of aromatic nitrogens is 1. The lowest BCUT2D eigenvalue weighted by molar-refractivity contribution is 0.0472. The van der Waals surface area contributed by atoms with E-state index < -0.39 is 23.2 Å². The number of nitrogens with zero attached hydrogens (tertiary/aromatic N) is 2. The van der Waals surface area contributed by atoms with Gasteiger partial charge in [-0.2, -0.15) is 0 Å². The number of anilines is 2. The van der Waals surface area contributed by atoms with Crippen molar-refractivity contribution in [3.05, 3.63) is 159 Å². The van der Waals surface area contributed by atoms with Crippen LogP contribution in [-0.2, 0) is 30.7 Å². The van der Waals surface area contributed by atoms with E-state index in [9.17, 15) is 19.2 Å². The Morgan fingerprint density at radius 1 is 0.800 bits per heavy atom. The zero-order chi connectivity index (χ0) is 38.3. The van der Waals surface area contributed by atoms with Crippen molar-refractivity contribution in [1.82, 2.24) is 9.88 Å². The van der Waals surface area contributed by atoms with Crippen LogP contribution in [-0.4, -0.2) is 55.0 Å². The first-order valence-corrected chi connectivity index (χ1v) is 17.7. The Balaban J connectivity index is 1.05. The first-order chi connectivity index (χ1) is 26.8. The van der Waals surface area contributed by atoms with Crippen molar-refractivity contribution < 1.29 is 33.0 Å². The number of ether oxygens (including phenoxy) is 3. The third kappa shape index (κ3) is 8.55. The minimum absolute atomic E-state index is 0.000382. The summed E-state index contributed by atoms with van der Waals surface area (Å²) in [5, 5.41) is 5.87. The third-order valence-corrected chi connectivity index (χ3v) is 9.45. The zero-order valence-corrected chi connectivity index (χ0v) is 30.3. The van der Waals surface area contributed by atoms with Gasteiger partial charge in [-0.15, -0.1) is 0 Å². The van der Waals surface area contributed by atoms with E-state index in [0.717, 1.165) is 61.2 Å². The number of carbonyl (C=O) groups excluding carboxylic acids is 3. The highest BCUT2D eigenvalue weighted by Gasteiger charge is 2.22. The SMILES string of the molecule is COc1cc2c(cc1OC)CN(CCc1ccc(NC(=O)c3ccc(C(=O)OCc4ccncc4)cc3NC(=O)c3cc(=O)c4ccccc4o3)cc1)CC2. The molecule has 0 radical (unpaired) electrons. The van der Waals surface area contributed by atoms with Crippen LogP contribution < -0.4 is 25.5 Å². The Morgan fingerprint density at radius 3 is 2.31 bits per heavy atom. The van der Waals surface area contributed by atoms with Gasteiger partial charge in [0.15, 0.2) is 22.7 Å². The summed E-state index contributed by atoms with van der Waals surface area (Å²) >= 11 is 0. The second-order valence-corrected chi connectivity index (χ2v) is 13.0. The summed E-state index contributed by atoms with van der Waals surface area (Å²) in [5.74, 6) is -0.763. The van der Waals surface area contributed by atoms with Gasteiger partial charge in [-0.3, -0.25) is 24.3 Å². The normalized spacial score (nSPS) is 12.4. The van der Waals surface area contributed by atoms with Gasteiger partial charge >= 0.3 is 5.97 Å². The second kappa shape index (κ2) is 16.5.